The zero-order chi connectivity index (χ0) is 13.1. The highest BCUT2D eigenvalue weighted by Crippen LogP contribution is 2.29. The van der Waals surface area contributed by atoms with Crippen molar-refractivity contribution in [3.63, 3.8) is 0 Å². The van der Waals surface area contributed by atoms with Crippen molar-refractivity contribution in [1.82, 2.24) is 9.88 Å². The van der Waals surface area contributed by atoms with Crippen molar-refractivity contribution in [3.8, 4) is 0 Å². The molecule has 0 bridgehead atoms. The first kappa shape index (κ1) is 14.3. The maximum absolute atomic E-state index is 9.61. The molecule has 2 atom stereocenters. The van der Waals surface area contributed by atoms with Crippen LogP contribution in [0.3, 0.4) is 0 Å². The number of alkyl halides is 1. The second-order valence-corrected chi connectivity index (χ2v) is 6.26. The van der Waals surface area contributed by atoms with E-state index >= 15 is 0 Å². The fourth-order valence-corrected chi connectivity index (χ4v) is 3.66. The third-order valence-electron chi connectivity index (χ3n) is 3.87. The van der Waals surface area contributed by atoms with Crippen LogP contribution >= 0.6 is 22.9 Å². The Morgan fingerprint density at radius 2 is 2.17 bits per heavy atom. The molecule has 1 N–H and O–H groups in total. The van der Waals surface area contributed by atoms with Gasteiger partial charge in [0, 0.05) is 5.38 Å². The Bertz CT molecular complexity index is 375. The number of thiazole rings is 1. The monoisotopic (exact) mass is 288 g/mol. The Kier molecular flexibility index (Phi) is 5.01. The number of nitrogens with zero attached hydrogens (tertiary/aromatic N) is 2. The largest absolute Gasteiger partial charge is 0.393 e. The van der Waals surface area contributed by atoms with Crippen molar-refractivity contribution >= 4 is 22.9 Å². The summed E-state index contributed by atoms with van der Waals surface area (Å²) in [5.41, 5.74) is 0.974. The van der Waals surface area contributed by atoms with Crippen molar-refractivity contribution in [1.29, 1.82) is 0 Å². The van der Waals surface area contributed by atoms with Gasteiger partial charge < -0.3 is 5.11 Å². The molecule has 0 aromatic carbocycles. The van der Waals surface area contributed by atoms with Crippen molar-refractivity contribution in [2.24, 2.45) is 5.92 Å². The molecule has 1 aliphatic heterocycles. The number of aliphatic hydroxyl groups excluding tert-OH is 1. The maximum atomic E-state index is 9.61. The zero-order valence-electron chi connectivity index (χ0n) is 11.0. The number of piperidine rings is 1. The molecular formula is C13H21ClN2OS. The Morgan fingerprint density at radius 1 is 1.50 bits per heavy atom. The van der Waals surface area contributed by atoms with E-state index in [1.165, 1.54) is 0 Å². The highest BCUT2D eigenvalue weighted by molar-refractivity contribution is 7.09. The van der Waals surface area contributed by atoms with Crippen LogP contribution in [-0.4, -0.2) is 34.2 Å². The highest BCUT2D eigenvalue weighted by atomic mass is 35.5. The predicted octanol–water partition coefficient (Wildman–Crippen LogP) is 3.04. The van der Waals surface area contributed by atoms with Crippen LogP contribution in [0.15, 0.2) is 5.38 Å². The molecule has 18 heavy (non-hydrogen) atoms. The van der Waals surface area contributed by atoms with Crippen molar-refractivity contribution in [3.05, 3.63) is 16.1 Å². The van der Waals surface area contributed by atoms with Crippen molar-refractivity contribution in [2.75, 3.05) is 13.1 Å². The van der Waals surface area contributed by atoms with Crippen molar-refractivity contribution in [2.45, 2.75) is 44.7 Å². The maximum Gasteiger partial charge on any atom is 0.110 e. The molecule has 2 heterocycles. The van der Waals surface area contributed by atoms with Crippen molar-refractivity contribution < 1.29 is 5.11 Å². The summed E-state index contributed by atoms with van der Waals surface area (Å²) in [5.74, 6) is 0.955. The van der Waals surface area contributed by atoms with Gasteiger partial charge in [-0.25, -0.2) is 4.98 Å². The molecule has 0 aliphatic carbocycles. The molecule has 1 aliphatic rings. The van der Waals surface area contributed by atoms with Gasteiger partial charge in [-0.15, -0.1) is 22.9 Å². The van der Waals surface area contributed by atoms with Gasteiger partial charge in [-0.2, -0.15) is 0 Å². The average Bonchev–Trinajstić information content (AvgIpc) is 2.86. The number of aliphatic hydroxyl groups is 1. The molecule has 3 nitrogen and oxygen atoms in total. The summed E-state index contributed by atoms with van der Waals surface area (Å²) >= 11 is 7.48. The van der Waals surface area contributed by atoms with Gasteiger partial charge in [0.2, 0.25) is 0 Å². The fraction of sp³-hybridized carbons (Fsp3) is 0.769. The lowest BCUT2D eigenvalue weighted by Crippen LogP contribution is -2.38. The zero-order valence-corrected chi connectivity index (χ0v) is 12.5. The first-order valence-corrected chi connectivity index (χ1v) is 7.95. The fourth-order valence-electron chi connectivity index (χ4n) is 2.52. The first-order valence-electron chi connectivity index (χ1n) is 6.54. The van der Waals surface area contributed by atoms with E-state index < -0.39 is 0 Å². The molecule has 0 amide bonds. The minimum atomic E-state index is -0.176. The van der Waals surface area contributed by atoms with Crippen LogP contribution in [0.5, 0.6) is 0 Å². The number of rotatable bonds is 4. The molecule has 1 aromatic heterocycles. The van der Waals surface area contributed by atoms with Crippen LogP contribution in [0.4, 0.5) is 0 Å². The topological polar surface area (TPSA) is 36.4 Å². The summed E-state index contributed by atoms with van der Waals surface area (Å²) < 4.78 is 0. The summed E-state index contributed by atoms with van der Waals surface area (Å²) in [7, 11) is 0. The van der Waals surface area contributed by atoms with Gasteiger partial charge in [-0.05, 0) is 45.7 Å². The Labute approximate surface area is 118 Å². The Hall–Kier alpha value is -0.160. The smallest absolute Gasteiger partial charge is 0.110 e. The van der Waals surface area contributed by atoms with E-state index in [4.69, 9.17) is 11.6 Å². The second-order valence-electron chi connectivity index (χ2n) is 5.10. The molecule has 0 radical (unpaired) electrons. The van der Waals surface area contributed by atoms with Gasteiger partial charge in [0.15, 0.2) is 0 Å². The highest BCUT2D eigenvalue weighted by Gasteiger charge is 2.26. The minimum absolute atomic E-state index is 0.176. The molecule has 0 spiro atoms. The number of hydrogen-bond donors (Lipinski definition) is 1. The normalized spacial score (nSPS) is 22.0. The first-order chi connectivity index (χ1) is 8.61. The van der Waals surface area contributed by atoms with Crippen LogP contribution in [0.2, 0.25) is 0 Å². The predicted molar refractivity (Wildman–Crippen MR) is 76.1 cm³/mol. The SMILES string of the molecule is CC(O)C1CCN(C(C)c2nc(CCl)cs2)CC1. The molecule has 2 unspecified atom stereocenters. The molecule has 2 rings (SSSR count). The molecular weight excluding hydrogens is 268 g/mol. The molecule has 5 heteroatoms. The van der Waals surface area contributed by atoms with Crippen LogP contribution in [0, 0.1) is 5.92 Å². The lowest BCUT2D eigenvalue weighted by Gasteiger charge is -2.36. The van der Waals surface area contributed by atoms with Gasteiger partial charge >= 0.3 is 0 Å². The van der Waals surface area contributed by atoms with E-state index in [0.717, 1.165) is 36.6 Å². The quantitative estimate of drug-likeness (QED) is 0.865. The van der Waals surface area contributed by atoms with Gasteiger partial charge in [-0.3, -0.25) is 4.90 Å². The molecule has 102 valence electrons. The Morgan fingerprint density at radius 3 is 2.67 bits per heavy atom. The van der Waals surface area contributed by atoms with Gasteiger partial charge in [0.25, 0.3) is 0 Å². The third kappa shape index (κ3) is 3.23. The number of halogens is 1. The number of aromatic nitrogens is 1. The second kappa shape index (κ2) is 6.33. The van der Waals surface area contributed by atoms with E-state index in [1.54, 1.807) is 11.3 Å². The molecule has 1 saturated heterocycles. The van der Waals surface area contributed by atoms with E-state index in [0.29, 0.717) is 17.8 Å². The number of likely N-dealkylation sites (tertiary alicyclic amines) is 1. The van der Waals surface area contributed by atoms with Crippen LogP contribution < -0.4 is 0 Å². The number of hydrogen-bond acceptors (Lipinski definition) is 4. The van der Waals surface area contributed by atoms with Gasteiger partial charge in [0.1, 0.15) is 5.01 Å². The van der Waals surface area contributed by atoms with E-state index in [-0.39, 0.29) is 6.10 Å². The lowest BCUT2D eigenvalue weighted by atomic mass is 9.91. The standard InChI is InChI=1S/C13H21ClN2OS/c1-9(13-15-12(7-14)8-18-13)16-5-3-11(4-6-16)10(2)17/h8-11,17H,3-7H2,1-2H3. The summed E-state index contributed by atoms with van der Waals surface area (Å²) in [6.45, 7) is 6.20. The van der Waals surface area contributed by atoms with Gasteiger partial charge in [0.05, 0.1) is 23.7 Å². The van der Waals surface area contributed by atoms with Crippen LogP contribution in [-0.2, 0) is 5.88 Å². The molecule has 0 saturated carbocycles. The van der Waals surface area contributed by atoms with Gasteiger partial charge in [-0.1, -0.05) is 0 Å². The summed E-state index contributed by atoms with van der Waals surface area (Å²) in [6.07, 6.45) is 1.98. The van der Waals surface area contributed by atoms with Crippen LogP contribution in [0.25, 0.3) is 0 Å². The molecule has 1 aromatic rings. The Balaban J connectivity index is 1.92. The lowest BCUT2D eigenvalue weighted by molar-refractivity contribution is 0.0585. The van der Waals surface area contributed by atoms with Crippen LogP contribution in [0.1, 0.15) is 43.4 Å². The van der Waals surface area contributed by atoms with E-state index in [2.05, 4.69) is 16.8 Å². The average molecular weight is 289 g/mol. The summed E-state index contributed by atoms with van der Waals surface area (Å²) in [4.78, 5) is 7.01. The third-order valence-corrected chi connectivity index (χ3v) is 5.21. The minimum Gasteiger partial charge on any atom is -0.393 e. The molecule has 1 fully saturated rings. The summed E-state index contributed by atoms with van der Waals surface area (Å²) in [5, 5.41) is 12.8. The van der Waals surface area contributed by atoms with E-state index in [9.17, 15) is 5.11 Å². The summed E-state index contributed by atoms with van der Waals surface area (Å²) in [6, 6.07) is 0.363. The van der Waals surface area contributed by atoms with E-state index in [1.807, 2.05) is 12.3 Å².